The van der Waals surface area contributed by atoms with E-state index in [2.05, 4.69) is 10.2 Å². The maximum atomic E-state index is 12.6. The van der Waals surface area contributed by atoms with Gasteiger partial charge in [0.05, 0.1) is 11.6 Å². The lowest BCUT2D eigenvalue weighted by Gasteiger charge is -2.39. The van der Waals surface area contributed by atoms with Crippen LogP contribution in [0.4, 0.5) is 13.2 Å². The van der Waals surface area contributed by atoms with Crippen molar-refractivity contribution in [1.82, 2.24) is 10.2 Å². The molecule has 1 aromatic rings. The van der Waals surface area contributed by atoms with Crippen LogP contribution < -0.4 is 5.32 Å². The molecule has 20 heavy (non-hydrogen) atoms. The first-order valence-corrected chi connectivity index (χ1v) is 6.42. The van der Waals surface area contributed by atoms with E-state index in [0.29, 0.717) is 6.54 Å². The Morgan fingerprint density at radius 1 is 1.40 bits per heavy atom. The molecule has 1 heterocycles. The molecule has 1 N–H and O–H groups in total. The average molecular weight is 286 g/mol. The van der Waals surface area contributed by atoms with E-state index in [1.165, 1.54) is 19.9 Å². The molecule has 1 fully saturated rings. The molecule has 1 aliphatic heterocycles. The summed E-state index contributed by atoms with van der Waals surface area (Å²) in [6.07, 6.45) is -4.30. The van der Waals surface area contributed by atoms with Crippen LogP contribution in [0.1, 0.15) is 23.6 Å². The molecular weight excluding hydrogens is 269 g/mol. The molecule has 0 atom stereocenters. The van der Waals surface area contributed by atoms with Gasteiger partial charge in [0.2, 0.25) is 5.91 Å². The van der Waals surface area contributed by atoms with Gasteiger partial charge >= 0.3 is 6.18 Å². The van der Waals surface area contributed by atoms with Gasteiger partial charge in [-0.05, 0) is 24.1 Å². The third-order valence-corrected chi connectivity index (χ3v) is 3.37. The van der Waals surface area contributed by atoms with Crippen molar-refractivity contribution < 1.29 is 18.0 Å². The Hall–Kier alpha value is -1.56. The first kappa shape index (κ1) is 14.8. The van der Waals surface area contributed by atoms with E-state index in [4.69, 9.17) is 0 Å². The summed E-state index contributed by atoms with van der Waals surface area (Å²) in [6, 6.07) is 4.38. The number of rotatable bonds is 3. The number of hydrogen-bond donors (Lipinski definition) is 1. The van der Waals surface area contributed by atoms with Crippen LogP contribution in [-0.4, -0.2) is 29.9 Å². The van der Waals surface area contributed by atoms with E-state index < -0.39 is 11.7 Å². The number of benzene rings is 1. The molecule has 1 aromatic carbocycles. The molecule has 110 valence electrons. The van der Waals surface area contributed by atoms with Crippen molar-refractivity contribution in [1.29, 1.82) is 0 Å². The lowest BCUT2D eigenvalue weighted by molar-refractivity contribution is -0.138. The number of nitrogens with zero attached hydrogens (tertiary/aromatic N) is 1. The number of likely N-dealkylation sites (tertiary alicyclic amines) is 1. The van der Waals surface area contributed by atoms with Gasteiger partial charge in [-0.1, -0.05) is 12.1 Å². The summed E-state index contributed by atoms with van der Waals surface area (Å²) in [5.41, 5.74) is 0.520. The molecule has 0 spiro atoms. The maximum absolute atomic E-state index is 12.6. The van der Waals surface area contributed by atoms with Gasteiger partial charge < -0.3 is 5.32 Å². The predicted octanol–water partition coefficient (Wildman–Crippen LogP) is 2.33. The summed E-state index contributed by atoms with van der Waals surface area (Å²) in [5.74, 6) is -0.0555. The molecule has 0 bridgehead atoms. The molecule has 0 saturated carbocycles. The Balaban J connectivity index is 1.93. The minimum atomic E-state index is -4.30. The standard InChI is InChI=1S/C14H17F3N2O/c1-9-5-11(3-4-13(9)14(15,16)17)6-19-7-12(8-19)18-10(2)20/h3-5,12H,6-8H2,1-2H3,(H,18,20). The zero-order valence-corrected chi connectivity index (χ0v) is 11.4. The van der Waals surface area contributed by atoms with Crippen LogP contribution in [0.15, 0.2) is 18.2 Å². The van der Waals surface area contributed by atoms with E-state index >= 15 is 0 Å². The third-order valence-electron chi connectivity index (χ3n) is 3.37. The van der Waals surface area contributed by atoms with Crippen molar-refractivity contribution in [3.8, 4) is 0 Å². The minimum absolute atomic E-state index is 0.0555. The van der Waals surface area contributed by atoms with Gasteiger partial charge in [-0.2, -0.15) is 13.2 Å². The quantitative estimate of drug-likeness (QED) is 0.925. The van der Waals surface area contributed by atoms with Crippen LogP contribution in [-0.2, 0) is 17.5 Å². The van der Waals surface area contributed by atoms with E-state index in [0.717, 1.165) is 24.7 Å². The number of hydrogen-bond acceptors (Lipinski definition) is 2. The first-order valence-electron chi connectivity index (χ1n) is 6.42. The molecule has 1 amide bonds. The van der Waals surface area contributed by atoms with E-state index in [9.17, 15) is 18.0 Å². The molecule has 0 radical (unpaired) electrons. The van der Waals surface area contributed by atoms with Gasteiger partial charge in [-0.25, -0.2) is 0 Å². The number of carbonyl (C=O) groups is 1. The van der Waals surface area contributed by atoms with E-state index in [1.54, 1.807) is 6.07 Å². The maximum Gasteiger partial charge on any atom is 0.416 e. The lowest BCUT2D eigenvalue weighted by atomic mass is 10.0. The van der Waals surface area contributed by atoms with Crippen molar-refractivity contribution in [2.45, 2.75) is 32.6 Å². The highest BCUT2D eigenvalue weighted by Gasteiger charge is 2.32. The predicted molar refractivity (Wildman–Crippen MR) is 69.1 cm³/mol. The zero-order valence-electron chi connectivity index (χ0n) is 11.4. The molecule has 0 unspecified atom stereocenters. The van der Waals surface area contributed by atoms with Crippen molar-refractivity contribution >= 4 is 5.91 Å². The van der Waals surface area contributed by atoms with Crippen LogP contribution in [0, 0.1) is 6.92 Å². The van der Waals surface area contributed by atoms with E-state index in [1.807, 2.05) is 0 Å². The third kappa shape index (κ3) is 3.50. The van der Waals surface area contributed by atoms with Crippen LogP contribution in [0.3, 0.4) is 0 Å². The van der Waals surface area contributed by atoms with Gasteiger partial charge in [0.25, 0.3) is 0 Å². The van der Waals surface area contributed by atoms with Crippen LogP contribution in [0.2, 0.25) is 0 Å². The Labute approximate surface area is 115 Å². The lowest BCUT2D eigenvalue weighted by Crippen LogP contribution is -2.58. The number of halogens is 3. The van der Waals surface area contributed by atoms with Crippen LogP contribution in [0.5, 0.6) is 0 Å². The van der Waals surface area contributed by atoms with E-state index in [-0.39, 0.29) is 17.5 Å². The van der Waals surface area contributed by atoms with Gasteiger partial charge in [-0.3, -0.25) is 9.69 Å². The molecule has 1 saturated heterocycles. The molecule has 2 rings (SSSR count). The zero-order chi connectivity index (χ0) is 14.9. The molecule has 3 nitrogen and oxygen atoms in total. The Bertz CT molecular complexity index is 508. The number of nitrogens with one attached hydrogen (secondary N) is 1. The van der Waals surface area contributed by atoms with Crippen molar-refractivity contribution in [3.05, 3.63) is 34.9 Å². The summed E-state index contributed by atoms with van der Waals surface area (Å²) in [5, 5.41) is 2.81. The van der Waals surface area contributed by atoms with Gasteiger partial charge in [0.1, 0.15) is 0 Å². The highest BCUT2D eigenvalue weighted by atomic mass is 19.4. The van der Waals surface area contributed by atoms with Gasteiger partial charge in [0.15, 0.2) is 0 Å². The van der Waals surface area contributed by atoms with Gasteiger partial charge in [-0.15, -0.1) is 0 Å². The summed E-state index contributed by atoms with van der Waals surface area (Å²) in [7, 11) is 0. The van der Waals surface area contributed by atoms with Crippen LogP contribution in [0.25, 0.3) is 0 Å². The number of aryl methyl sites for hydroxylation is 1. The molecule has 6 heteroatoms. The topological polar surface area (TPSA) is 32.3 Å². The second-order valence-corrected chi connectivity index (χ2v) is 5.24. The van der Waals surface area contributed by atoms with Crippen LogP contribution >= 0.6 is 0 Å². The number of amides is 1. The molecule has 0 aliphatic carbocycles. The second kappa shape index (κ2) is 5.44. The molecular formula is C14H17F3N2O. The number of alkyl halides is 3. The summed E-state index contributed by atoms with van der Waals surface area (Å²) in [4.78, 5) is 12.9. The molecule has 0 aromatic heterocycles. The van der Waals surface area contributed by atoms with Crippen molar-refractivity contribution in [3.63, 3.8) is 0 Å². The highest BCUT2D eigenvalue weighted by molar-refractivity contribution is 5.73. The molecule has 1 aliphatic rings. The Morgan fingerprint density at radius 3 is 2.55 bits per heavy atom. The minimum Gasteiger partial charge on any atom is -0.351 e. The fourth-order valence-electron chi connectivity index (χ4n) is 2.48. The summed E-state index contributed by atoms with van der Waals surface area (Å²) in [6.45, 7) is 5.03. The highest BCUT2D eigenvalue weighted by Crippen LogP contribution is 2.32. The Morgan fingerprint density at radius 2 is 2.05 bits per heavy atom. The normalized spacial score (nSPS) is 16.9. The largest absolute Gasteiger partial charge is 0.416 e. The fraction of sp³-hybridized carbons (Fsp3) is 0.500. The monoisotopic (exact) mass is 286 g/mol. The Kier molecular flexibility index (Phi) is 4.04. The van der Waals surface area contributed by atoms with Crippen molar-refractivity contribution in [2.75, 3.05) is 13.1 Å². The summed E-state index contributed by atoms with van der Waals surface area (Å²) < 4.78 is 37.9. The smallest absolute Gasteiger partial charge is 0.351 e. The fourth-order valence-corrected chi connectivity index (χ4v) is 2.48. The average Bonchev–Trinajstić information content (AvgIpc) is 2.23. The van der Waals surface area contributed by atoms with Crippen molar-refractivity contribution in [2.24, 2.45) is 0 Å². The first-order chi connectivity index (χ1) is 9.25. The van der Waals surface area contributed by atoms with Gasteiger partial charge in [0, 0.05) is 26.6 Å². The summed E-state index contributed by atoms with van der Waals surface area (Å²) >= 11 is 0. The SMILES string of the molecule is CC(=O)NC1CN(Cc2ccc(C(F)(F)F)c(C)c2)C1. The number of carbonyl (C=O) groups excluding carboxylic acids is 1. The second-order valence-electron chi connectivity index (χ2n) is 5.24.